The van der Waals surface area contributed by atoms with Crippen molar-refractivity contribution in [3.63, 3.8) is 0 Å². The molecule has 12 heavy (non-hydrogen) atoms. The Hall–Kier alpha value is -0.144. The predicted molar refractivity (Wildman–Crippen MR) is 31.0 cm³/mol. The van der Waals surface area contributed by atoms with E-state index in [1.165, 1.54) is 0 Å². The number of carboxylic acid groups (broad SMARTS) is 1. The quantitative estimate of drug-likeness (QED) is 0.457. The summed E-state index contributed by atoms with van der Waals surface area (Å²) in [6.07, 6.45) is 0.646. The second kappa shape index (κ2) is 4.78. The minimum atomic E-state index is -1.60. The molecule has 0 radical (unpaired) electrons. The van der Waals surface area contributed by atoms with Crippen molar-refractivity contribution in [3.8, 4) is 5.75 Å². The smallest absolute Gasteiger partial charge is 0.542 e. The summed E-state index contributed by atoms with van der Waals surface area (Å²) in [4.78, 5) is 20.6. The number of aromatic hydroxyl groups is 1. The fourth-order valence-electron chi connectivity index (χ4n) is 0.511. The maximum absolute atomic E-state index is 10.5. The maximum Gasteiger partial charge on any atom is 1.00 e. The Morgan fingerprint density at radius 1 is 1.58 bits per heavy atom. The first-order valence-electron chi connectivity index (χ1n) is 2.64. The van der Waals surface area contributed by atoms with Crippen molar-refractivity contribution in [1.82, 2.24) is 0 Å². The monoisotopic (exact) mass is 194 g/mol. The number of carboxylic acids is 1. The summed E-state index contributed by atoms with van der Waals surface area (Å²) in [5.41, 5.74) is -0.810. The summed E-state index contributed by atoms with van der Waals surface area (Å²) < 4.78 is 4.29. The van der Waals surface area contributed by atoms with Crippen molar-refractivity contribution in [2.75, 3.05) is 0 Å². The number of hydrogen-bond donors (Lipinski definition) is 1. The van der Waals surface area contributed by atoms with Crippen molar-refractivity contribution >= 4 is 5.97 Å². The van der Waals surface area contributed by atoms with Crippen LogP contribution < -0.4 is 61.9 Å². The van der Waals surface area contributed by atoms with Gasteiger partial charge in [0, 0.05) is 6.07 Å². The molecule has 0 saturated carbocycles. The van der Waals surface area contributed by atoms with Gasteiger partial charge in [0.05, 0.1) is 0 Å². The van der Waals surface area contributed by atoms with Crippen LogP contribution >= 0.6 is 0 Å². The molecule has 0 spiro atoms. The molecule has 0 aliphatic carbocycles. The summed E-state index contributed by atoms with van der Waals surface area (Å²) in [7, 11) is 0. The van der Waals surface area contributed by atoms with Crippen LogP contribution in [0.4, 0.5) is 0 Å². The van der Waals surface area contributed by atoms with Crippen LogP contribution in [0.1, 0.15) is 10.6 Å². The molecule has 0 fully saturated rings. The van der Waals surface area contributed by atoms with Crippen LogP contribution in [0.3, 0.4) is 0 Å². The molecule has 1 N–H and O–H groups in total. The zero-order chi connectivity index (χ0) is 8.43. The Bertz CT molecular complexity index is 342. The maximum atomic E-state index is 10.5. The predicted octanol–water partition coefficient (Wildman–Crippen LogP) is -4.29. The van der Waals surface area contributed by atoms with Crippen LogP contribution in [0.25, 0.3) is 0 Å². The van der Waals surface area contributed by atoms with E-state index >= 15 is 0 Å². The van der Waals surface area contributed by atoms with Gasteiger partial charge in [-0.15, -0.1) is 0 Å². The van der Waals surface area contributed by atoms with Crippen LogP contribution in [0.2, 0.25) is 0 Å². The SMILES string of the molecule is O=C([O-])c1cc(=O)c(O)co1.[K+]. The van der Waals surface area contributed by atoms with Crippen LogP contribution in [0.5, 0.6) is 5.75 Å². The fraction of sp³-hybridized carbons (Fsp3) is 0. The van der Waals surface area contributed by atoms with E-state index in [9.17, 15) is 14.7 Å². The molecule has 0 unspecified atom stereocenters. The average molecular weight is 194 g/mol. The number of hydrogen-bond acceptors (Lipinski definition) is 5. The van der Waals surface area contributed by atoms with Gasteiger partial charge < -0.3 is 19.4 Å². The molecular formula is C6H3KO5. The Labute approximate surface area is 109 Å². The molecule has 1 rings (SSSR count). The van der Waals surface area contributed by atoms with Gasteiger partial charge in [-0.05, 0) is 0 Å². The molecular weight excluding hydrogens is 191 g/mol. The van der Waals surface area contributed by atoms with E-state index in [-0.39, 0.29) is 51.4 Å². The third kappa shape index (κ3) is 2.72. The molecule has 5 nitrogen and oxygen atoms in total. The van der Waals surface area contributed by atoms with Crippen molar-refractivity contribution in [1.29, 1.82) is 0 Å². The summed E-state index contributed by atoms with van der Waals surface area (Å²) in [6.45, 7) is 0. The third-order valence-electron chi connectivity index (χ3n) is 1.01. The Morgan fingerprint density at radius 2 is 2.17 bits per heavy atom. The second-order valence-electron chi connectivity index (χ2n) is 1.78. The molecule has 1 heterocycles. The first-order chi connectivity index (χ1) is 5.11. The average Bonchev–Trinajstić information content (AvgIpc) is 1.94. The number of aromatic carboxylic acids is 1. The molecule has 0 amide bonds. The molecule has 1 aromatic rings. The van der Waals surface area contributed by atoms with Gasteiger partial charge in [0.2, 0.25) is 5.43 Å². The topological polar surface area (TPSA) is 90.6 Å². The van der Waals surface area contributed by atoms with Gasteiger partial charge in [-0.1, -0.05) is 0 Å². The molecule has 58 valence electrons. The van der Waals surface area contributed by atoms with Gasteiger partial charge in [0.1, 0.15) is 12.2 Å². The molecule has 6 heteroatoms. The van der Waals surface area contributed by atoms with E-state index in [1.54, 1.807) is 0 Å². The number of carbonyl (C=O) groups excluding carboxylic acids is 1. The van der Waals surface area contributed by atoms with Crippen LogP contribution in [-0.4, -0.2) is 11.1 Å². The standard InChI is InChI=1S/C6H4O5.K/c7-3-1-5(6(9)10)11-2-4(3)8;/h1-2,8H,(H,9,10);/q;+1/p-1. The van der Waals surface area contributed by atoms with Crippen molar-refractivity contribution < 1.29 is 70.8 Å². The fourth-order valence-corrected chi connectivity index (χ4v) is 0.511. The van der Waals surface area contributed by atoms with Gasteiger partial charge >= 0.3 is 51.4 Å². The Morgan fingerprint density at radius 3 is 2.58 bits per heavy atom. The van der Waals surface area contributed by atoms with Crippen molar-refractivity contribution in [2.24, 2.45) is 0 Å². The van der Waals surface area contributed by atoms with Gasteiger partial charge in [0.15, 0.2) is 11.5 Å². The first-order valence-corrected chi connectivity index (χ1v) is 2.64. The largest absolute Gasteiger partial charge is 1.00 e. The van der Waals surface area contributed by atoms with Crippen molar-refractivity contribution in [2.45, 2.75) is 0 Å². The van der Waals surface area contributed by atoms with Gasteiger partial charge in [-0.25, -0.2) is 0 Å². The van der Waals surface area contributed by atoms with E-state index < -0.39 is 22.9 Å². The van der Waals surface area contributed by atoms with E-state index in [4.69, 9.17) is 5.11 Å². The van der Waals surface area contributed by atoms with Gasteiger partial charge in [-0.2, -0.15) is 0 Å². The third-order valence-corrected chi connectivity index (χ3v) is 1.01. The van der Waals surface area contributed by atoms with Crippen LogP contribution in [-0.2, 0) is 0 Å². The molecule has 0 aliphatic rings. The Kier molecular flexibility index (Phi) is 4.72. The zero-order valence-corrected chi connectivity index (χ0v) is 9.36. The minimum Gasteiger partial charge on any atom is -0.542 e. The zero-order valence-electron chi connectivity index (χ0n) is 6.23. The summed E-state index contributed by atoms with van der Waals surface area (Å²) in [5, 5.41) is 18.6. The van der Waals surface area contributed by atoms with Gasteiger partial charge in [-0.3, -0.25) is 4.79 Å². The normalized spacial score (nSPS) is 8.67. The summed E-state index contributed by atoms with van der Waals surface area (Å²) in [6, 6.07) is 0.644. The molecule has 0 aliphatic heterocycles. The van der Waals surface area contributed by atoms with E-state index in [2.05, 4.69) is 4.42 Å². The minimum absolute atomic E-state index is 0. The summed E-state index contributed by atoms with van der Waals surface area (Å²) in [5.74, 6) is -2.83. The van der Waals surface area contributed by atoms with E-state index in [0.29, 0.717) is 12.3 Å². The summed E-state index contributed by atoms with van der Waals surface area (Å²) >= 11 is 0. The molecule has 1 aromatic heterocycles. The van der Waals surface area contributed by atoms with E-state index in [1.807, 2.05) is 0 Å². The Balaban J connectivity index is 0.00000121. The number of rotatable bonds is 1. The molecule has 0 saturated heterocycles. The molecule has 0 atom stereocenters. The molecule has 0 aromatic carbocycles. The first kappa shape index (κ1) is 11.9. The van der Waals surface area contributed by atoms with Crippen LogP contribution in [0, 0.1) is 0 Å². The number of carbonyl (C=O) groups is 1. The second-order valence-corrected chi connectivity index (χ2v) is 1.78. The van der Waals surface area contributed by atoms with Gasteiger partial charge in [0.25, 0.3) is 0 Å². The van der Waals surface area contributed by atoms with Crippen LogP contribution in [0.15, 0.2) is 21.5 Å². The van der Waals surface area contributed by atoms with E-state index in [0.717, 1.165) is 0 Å². The van der Waals surface area contributed by atoms with Crippen molar-refractivity contribution in [3.05, 3.63) is 28.3 Å². The molecule has 0 bridgehead atoms.